The van der Waals surface area contributed by atoms with E-state index < -0.39 is 0 Å². The maximum Gasteiger partial charge on any atom is 0.250 e. The number of carbonyl (C=O) groups is 1. The molecule has 1 fully saturated rings. The first kappa shape index (κ1) is 20.5. The summed E-state index contributed by atoms with van der Waals surface area (Å²) >= 11 is 3.52. The number of aryl methyl sites for hydroxylation is 1. The number of aromatic nitrogens is 4. The molecule has 0 radical (unpaired) electrons. The van der Waals surface area contributed by atoms with E-state index in [4.69, 9.17) is 0 Å². The first-order valence-corrected chi connectivity index (χ1v) is 10.7. The second-order valence-electron chi connectivity index (χ2n) is 7.40. The number of para-hydroxylation sites is 1. The average Bonchev–Trinajstić information content (AvgIpc) is 3.26. The van der Waals surface area contributed by atoms with E-state index in [0.717, 1.165) is 53.5 Å². The number of nitrogens with zero attached hydrogens (tertiary/aromatic N) is 6. The summed E-state index contributed by atoms with van der Waals surface area (Å²) < 4.78 is 2.64. The molecule has 1 saturated heterocycles. The highest BCUT2D eigenvalue weighted by Crippen LogP contribution is 2.24. The number of carbonyl (C=O) groups excluding carboxylic acids is 1. The average molecular weight is 470 g/mol. The number of piperazine rings is 1. The van der Waals surface area contributed by atoms with Crippen molar-refractivity contribution >= 4 is 33.5 Å². The van der Waals surface area contributed by atoms with Crippen LogP contribution in [0.5, 0.6) is 0 Å². The van der Waals surface area contributed by atoms with Gasteiger partial charge in [-0.25, -0.2) is 0 Å². The molecular weight excluding hydrogens is 446 g/mol. The second kappa shape index (κ2) is 8.93. The zero-order chi connectivity index (χ0) is 21.1. The standard InChI is InChI=1S/C21H24BrN7O/c1-15-8-9-19(18(22)14-15)23-20(30)16(2)27-10-12-28(13-11-27)21-24-25-26-29(21)17-6-4-3-5-7-17/h3-9,14,16H,10-13H2,1-2H3,(H,23,30). The Morgan fingerprint density at radius 1 is 1.10 bits per heavy atom. The molecule has 1 atom stereocenters. The molecule has 9 heteroatoms. The van der Waals surface area contributed by atoms with E-state index in [2.05, 4.69) is 46.6 Å². The van der Waals surface area contributed by atoms with Crippen molar-refractivity contribution in [3.8, 4) is 5.69 Å². The van der Waals surface area contributed by atoms with Gasteiger partial charge in [0.15, 0.2) is 0 Å². The molecule has 0 spiro atoms. The molecule has 156 valence electrons. The molecule has 1 aliphatic heterocycles. The van der Waals surface area contributed by atoms with Crippen LogP contribution in [0.2, 0.25) is 0 Å². The lowest BCUT2D eigenvalue weighted by atomic mass is 10.2. The van der Waals surface area contributed by atoms with Gasteiger partial charge in [-0.15, -0.1) is 0 Å². The Morgan fingerprint density at radius 2 is 1.83 bits per heavy atom. The van der Waals surface area contributed by atoms with Crippen LogP contribution < -0.4 is 10.2 Å². The molecule has 4 rings (SSSR count). The summed E-state index contributed by atoms with van der Waals surface area (Å²) in [6.07, 6.45) is 0. The molecule has 1 N–H and O–H groups in total. The van der Waals surface area contributed by atoms with E-state index in [0.29, 0.717) is 0 Å². The van der Waals surface area contributed by atoms with Gasteiger partial charge < -0.3 is 10.2 Å². The van der Waals surface area contributed by atoms with Crippen molar-refractivity contribution in [3.63, 3.8) is 0 Å². The molecule has 0 aliphatic carbocycles. The minimum absolute atomic E-state index is 0.0119. The maximum absolute atomic E-state index is 12.8. The van der Waals surface area contributed by atoms with Gasteiger partial charge in [0.1, 0.15) is 0 Å². The van der Waals surface area contributed by atoms with Crippen molar-refractivity contribution in [3.05, 3.63) is 58.6 Å². The minimum Gasteiger partial charge on any atom is -0.337 e. The van der Waals surface area contributed by atoms with Gasteiger partial charge in [-0.2, -0.15) is 4.68 Å². The molecular formula is C21H24BrN7O. The smallest absolute Gasteiger partial charge is 0.250 e. The Kier molecular flexibility index (Phi) is 6.10. The van der Waals surface area contributed by atoms with Crippen molar-refractivity contribution in [2.24, 2.45) is 0 Å². The quantitative estimate of drug-likeness (QED) is 0.618. The van der Waals surface area contributed by atoms with Crippen molar-refractivity contribution in [1.29, 1.82) is 0 Å². The largest absolute Gasteiger partial charge is 0.337 e. The maximum atomic E-state index is 12.8. The van der Waals surface area contributed by atoms with Crippen molar-refractivity contribution in [1.82, 2.24) is 25.1 Å². The number of tetrazole rings is 1. The van der Waals surface area contributed by atoms with Gasteiger partial charge in [0.2, 0.25) is 11.9 Å². The van der Waals surface area contributed by atoms with Crippen LogP contribution in [0.25, 0.3) is 5.69 Å². The molecule has 8 nitrogen and oxygen atoms in total. The minimum atomic E-state index is -0.231. The van der Waals surface area contributed by atoms with Crippen molar-refractivity contribution in [2.45, 2.75) is 19.9 Å². The number of rotatable bonds is 5. The number of nitrogens with one attached hydrogen (secondary N) is 1. The molecule has 1 unspecified atom stereocenters. The zero-order valence-electron chi connectivity index (χ0n) is 17.0. The summed E-state index contributed by atoms with van der Waals surface area (Å²) in [6, 6.07) is 15.5. The van der Waals surface area contributed by atoms with Crippen molar-refractivity contribution < 1.29 is 4.79 Å². The number of halogens is 1. The lowest BCUT2D eigenvalue weighted by molar-refractivity contribution is -0.120. The van der Waals surface area contributed by atoms with Crippen LogP contribution in [0.1, 0.15) is 12.5 Å². The lowest BCUT2D eigenvalue weighted by Gasteiger charge is -2.37. The first-order valence-electron chi connectivity index (χ1n) is 9.93. The monoisotopic (exact) mass is 469 g/mol. The molecule has 0 bridgehead atoms. The molecule has 1 aliphatic rings. The van der Waals surface area contributed by atoms with Crippen LogP contribution in [-0.2, 0) is 4.79 Å². The molecule has 2 aromatic carbocycles. The molecule has 0 saturated carbocycles. The highest BCUT2D eigenvalue weighted by Gasteiger charge is 2.28. The Morgan fingerprint density at radius 3 is 2.53 bits per heavy atom. The van der Waals surface area contributed by atoms with Gasteiger partial charge >= 0.3 is 0 Å². The number of hydrogen-bond acceptors (Lipinski definition) is 6. The van der Waals surface area contributed by atoms with Crippen LogP contribution in [0.4, 0.5) is 11.6 Å². The third kappa shape index (κ3) is 4.36. The van der Waals surface area contributed by atoms with Crippen molar-refractivity contribution in [2.75, 3.05) is 36.4 Å². The Balaban J connectivity index is 1.38. The van der Waals surface area contributed by atoms with E-state index in [1.165, 1.54) is 0 Å². The van der Waals surface area contributed by atoms with Gasteiger partial charge in [-0.3, -0.25) is 9.69 Å². The topological polar surface area (TPSA) is 79.2 Å². The number of amides is 1. The van der Waals surface area contributed by atoms with E-state index in [9.17, 15) is 4.79 Å². The first-order chi connectivity index (χ1) is 14.5. The van der Waals surface area contributed by atoms with Gasteiger partial charge in [0, 0.05) is 30.7 Å². The van der Waals surface area contributed by atoms with Crippen LogP contribution in [0.3, 0.4) is 0 Å². The zero-order valence-corrected chi connectivity index (χ0v) is 18.6. The summed E-state index contributed by atoms with van der Waals surface area (Å²) in [5.41, 5.74) is 2.86. The third-order valence-corrected chi connectivity index (χ3v) is 6.02. The second-order valence-corrected chi connectivity index (χ2v) is 8.25. The number of benzene rings is 2. The fraction of sp³-hybridized carbons (Fsp3) is 0.333. The Labute approximate surface area is 184 Å². The predicted octanol–water partition coefficient (Wildman–Crippen LogP) is 2.88. The van der Waals surface area contributed by atoms with E-state index in [1.54, 1.807) is 4.68 Å². The van der Waals surface area contributed by atoms with Gasteiger partial charge in [-0.05, 0) is 70.0 Å². The molecule has 1 aromatic heterocycles. The Bertz CT molecular complexity index is 1020. The van der Waals surface area contributed by atoms with E-state index >= 15 is 0 Å². The normalized spacial score (nSPS) is 15.8. The highest BCUT2D eigenvalue weighted by molar-refractivity contribution is 9.10. The predicted molar refractivity (Wildman–Crippen MR) is 120 cm³/mol. The number of hydrogen-bond donors (Lipinski definition) is 1. The van der Waals surface area contributed by atoms with Gasteiger partial charge in [0.25, 0.3) is 0 Å². The third-order valence-electron chi connectivity index (χ3n) is 5.36. The van der Waals surface area contributed by atoms with Crippen LogP contribution in [-0.4, -0.2) is 63.2 Å². The highest BCUT2D eigenvalue weighted by atomic mass is 79.9. The summed E-state index contributed by atoms with van der Waals surface area (Å²) in [5, 5.41) is 15.2. The summed E-state index contributed by atoms with van der Waals surface area (Å²) in [5.74, 6) is 0.712. The van der Waals surface area contributed by atoms with Crippen LogP contribution in [0, 0.1) is 6.92 Å². The van der Waals surface area contributed by atoms with Gasteiger partial charge in [0.05, 0.1) is 17.4 Å². The lowest BCUT2D eigenvalue weighted by Crippen LogP contribution is -2.53. The summed E-state index contributed by atoms with van der Waals surface area (Å²) in [4.78, 5) is 17.1. The SMILES string of the molecule is Cc1ccc(NC(=O)C(C)N2CCN(c3nnnn3-c3ccccc3)CC2)c(Br)c1. The Hall–Kier alpha value is -2.78. The fourth-order valence-electron chi connectivity index (χ4n) is 3.55. The van der Waals surface area contributed by atoms with E-state index in [1.807, 2.05) is 62.4 Å². The molecule has 3 aromatic rings. The molecule has 30 heavy (non-hydrogen) atoms. The van der Waals surface area contributed by atoms with Gasteiger partial charge in [-0.1, -0.05) is 29.4 Å². The number of anilines is 2. The molecule has 2 heterocycles. The van der Waals surface area contributed by atoms with E-state index in [-0.39, 0.29) is 11.9 Å². The summed E-state index contributed by atoms with van der Waals surface area (Å²) in [6.45, 7) is 6.97. The van der Waals surface area contributed by atoms with Crippen LogP contribution >= 0.6 is 15.9 Å². The summed E-state index contributed by atoms with van der Waals surface area (Å²) in [7, 11) is 0. The fourth-order valence-corrected chi connectivity index (χ4v) is 4.14. The van der Waals surface area contributed by atoms with Crippen LogP contribution in [0.15, 0.2) is 53.0 Å². The molecule has 1 amide bonds.